The second kappa shape index (κ2) is 9.24. The van der Waals surface area contributed by atoms with Crippen LogP contribution in [-0.4, -0.2) is 20.2 Å². The first-order valence-electron chi connectivity index (χ1n) is 9.17. The van der Waals surface area contributed by atoms with Gasteiger partial charge in [-0.15, -0.1) is 0 Å². The topological polar surface area (TPSA) is 59.0 Å². The molecular formula is C21H9Cl2F5N4OS. The fraction of sp³-hybridized carbons (Fsp3) is 0.0476. The molecule has 0 fully saturated rings. The second-order valence-corrected chi connectivity index (χ2v) is 8.12. The van der Waals surface area contributed by atoms with Crippen LogP contribution in [0.4, 0.5) is 32.6 Å². The quantitative estimate of drug-likeness (QED) is 0.262. The van der Waals surface area contributed by atoms with Gasteiger partial charge in [0.25, 0.3) is 5.91 Å². The van der Waals surface area contributed by atoms with Crippen molar-refractivity contribution in [1.82, 2.24) is 14.3 Å². The Morgan fingerprint density at radius 3 is 2.32 bits per heavy atom. The fourth-order valence-corrected chi connectivity index (χ4v) is 4.31. The van der Waals surface area contributed by atoms with Gasteiger partial charge in [0.05, 0.1) is 5.69 Å². The number of anilines is 2. The van der Waals surface area contributed by atoms with Gasteiger partial charge in [0.2, 0.25) is 0 Å². The van der Waals surface area contributed by atoms with E-state index in [9.17, 15) is 26.7 Å². The number of hydrogen-bond donors (Lipinski definition) is 0. The van der Waals surface area contributed by atoms with Gasteiger partial charge in [-0.3, -0.25) is 9.69 Å². The Morgan fingerprint density at radius 2 is 1.68 bits per heavy atom. The van der Waals surface area contributed by atoms with Crippen molar-refractivity contribution in [2.24, 2.45) is 0 Å². The number of carbonyl (C=O) groups is 1. The van der Waals surface area contributed by atoms with E-state index in [1.807, 2.05) is 0 Å². The Morgan fingerprint density at radius 1 is 0.971 bits per heavy atom. The van der Waals surface area contributed by atoms with Gasteiger partial charge in [0.1, 0.15) is 10.0 Å². The standard InChI is InChI=1S/C21H9Cl2F5N4OS/c22-15-18(23)31-34-20(15)32(19(33)16-17(21(26,27)28)30-8-7-29-16)14-4-2-1-3-11(14)10-5-6-12(24)13(25)9-10/h1-9H. The van der Waals surface area contributed by atoms with Crippen LogP contribution < -0.4 is 4.90 Å². The van der Waals surface area contributed by atoms with Crippen LogP contribution in [0.5, 0.6) is 0 Å². The Labute approximate surface area is 202 Å². The smallest absolute Gasteiger partial charge is 0.266 e. The van der Waals surface area contributed by atoms with Gasteiger partial charge in [-0.25, -0.2) is 18.7 Å². The largest absolute Gasteiger partial charge is 0.435 e. The number of rotatable bonds is 4. The minimum Gasteiger partial charge on any atom is -0.266 e. The highest BCUT2D eigenvalue weighted by molar-refractivity contribution is 7.11. The van der Waals surface area contributed by atoms with Crippen molar-refractivity contribution >= 4 is 51.3 Å². The van der Waals surface area contributed by atoms with Crippen LogP contribution in [0.3, 0.4) is 0 Å². The molecule has 0 aliphatic carbocycles. The average molecular weight is 531 g/mol. The molecule has 2 aromatic carbocycles. The predicted octanol–water partition coefficient (Wildman–Crippen LogP) is 7.18. The van der Waals surface area contributed by atoms with Gasteiger partial charge >= 0.3 is 6.18 Å². The lowest BCUT2D eigenvalue weighted by Gasteiger charge is -2.24. The molecule has 4 rings (SSSR count). The van der Waals surface area contributed by atoms with Crippen molar-refractivity contribution in [3.63, 3.8) is 0 Å². The molecule has 34 heavy (non-hydrogen) atoms. The second-order valence-electron chi connectivity index (χ2n) is 6.63. The summed E-state index contributed by atoms with van der Waals surface area (Å²) in [5, 5.41) is -0.483. The third-order valence-electron chi connectivity index (χ3n) is 4.53. The molecule has 0 saturated carbocycles. The molecule has 5 nitrogen and oxygen atoms in total. The molecule has 0 radical (unpaired) electrons. The van der Waals surface area contributed by atoms with Gasteiger partial charge < -0.3 is 0 Å². The summed E-state index contributed by atoms with van der Waals surface area (Å²) in [7, 11) is 0. The number of alkyl halides is 3. The van der Waals surface area contributed by atoms with E-state index in [4.69, 9.17) is 23.2 Å². The lowest BCUT2D eigenvalue weighted by Crippen LogP contribution is -2.30. The van der Waals surface area contributed by atoms with E-state index in [2.05, 4.69) is 14.3 Å². The van der Waals surface area contributed by atoms with E-state index in [0.717, 1.165) is 29.4 Å². The molecule has 0 unspecified atom stereocenters. The summed E-state index contributed by atoms with van der Waals surface area (Å²) < 4.78 is 72.0. The molecule has 0 spiro atoms. The SMILES string of the molecule is O=C(c1nccnc1C(F)(F)F)N(c1ccccc1-c1ccc(F)c(F)c1)c1snc(Cl)c1Cl. The van der Waals surface area contributed by atoms with Crippen LogP contribution in [-0.2, 0) is 6.18 Å². The van der Waals surface area contributed by atoms with E-state index >= 15 is 0 Å². The number of carbonyl (C=O) groups excluding carboxylic acids is 1. The summed E-state index contributed by atoms with van der Waals surface area (Å²) in [6, 6.07) is 8.94. The number of halogens is 7. The van der Waals surface area contributed by atoms with Crippen LogP contribution in [0, 0.1) is 11.6 Å². The number of amides is 1. The third kappa shape index (κ3) is 4.46. The van der Waals surface area contributed by atoms with Crippen molar-refractivity contribution in [3.8, 4) is 11.1 Å². The molecule has 0 bridgehead atoms. The first-order valence-corrected chi connectivity index (χ1v) is 10.7. The van der Waals surface area contributed by atoms with Crippen molar-refractivity contribution in [3.05, 3.63) is 88.1 Å². The van der Waals surface area contributed by atoms with Crippen LogP contribution in [0.15, 0.2) is 54.9 Å². The first-order chi connectivity index (χ1) is 16.1. The van der Waals surface area contributed by atoms with Gasteiger partial charge in [-0.2, -0.15) is 17.5 Å². The normalized spacial score (nSPS) is 11.5. The summed E-state index contributed by atoms with van der Waals surface area (Å²) in [6.07, 6.45) is -3.25. The van der Waals surface area contributed by atoms with Gasteiger partial charge in [0, 0.05) is 18.0 Å². The molecular weight excluding hydrogens is 522 g/mol. The number of nitrogens with zero attached hydrogens (tertiary/aromatic N) is 4. The summed E-state index contributed by atoms with van der Waals surface area (Å²) >= 11 is 12.8. The molecule has 0 atom stereocenters. The van der Waals surface area contributed by atoms with E-state index in [1.54, 1.807) is 6.07 Å². The highest BCUT2D eigenvalue weighted by Gasteiger charge is 2.40. The Balaban J connectivity index is 1.97. The first kappa shape index (κ1) is 24.0. The number of benzene rings is 2. The summed E-state index contributed by atoms with van der Waals surface area (Å²) in [6.45, 7) is 0. The zero-order chi connectivity index (χ0) is 24.6. The lowest BCUT2D eigenvalue weighted by atomic mass is 10.0. The van der Waals surface area contributed by atoms with E-state index < -0.39 is 35.1 Å². The molecule has 0 aliphatic heterocycles. The molecule has 0 saturated heterocycles. The zero-order valence-electron chi connectivity index (χ0n) is 16.4. The van der Waals surface area contributed by atoms with Gasteiger partial charge in [0.15, 0.2) is 28.2 Å². The minimum absolute atomic E-state index is 0.000461. The third-order valence-corrected chi connectivity index (χ3v) is 6.31. The number of para-hydroxylation sites is 1. The van der Waals surface area contributed by atoms with E-state index in [-0.39, 0.29) is 32.0 Å². The maximum atomic E-state index is 14.0. The maximum absolute atomic E-state index is 14.0. The molecule has 13 heteroatoms. The molecule has 2 aromatic heterocycles. The van der Waals surface area contributed by atoms with Gasteiger partial charge in [-0.1, -0.05) is 47.5 Å². The number of aromatic nitrogens is 3. The Bertz CT molecular complexity index is 1400. The Hall–Kier alpha value is -3.15. The van der Waals surface area contributed by atoms with Crippen molar-refractivity contribution in [2.45, 2.75) is 6.18 Å². The lowest BCUT2D eigenvalue weighted by molar-refractivity contribution is -0.141. The van der Waals surface area contributed by atoms with Crippen LogP contribution in [0.2, 0.25) is 10.2 Å². The van der Waals surface area contributed by atoms with Gasteiger partial charge in [-0.05, 0) is 35.3 Å². The average Bonchev–Trinajstić information content (AvgIpc) is 3.14. The molecule has 174 valence electrons. The summed E-state index contributed by atoms with van der Waals surface area (Å²) in [4.78, 5) is 21.3. The summed E-state index contributed by atoms with van der Waals surface area (Å²) in [5.74, 6) is -3.49. The van der Waals surface area contributed by atoms with Crippen molar-refractivity contribution < 1.29 is 26.7 Å². The molecule has 2 heterocycles. The van der Waals surface area contributed by atoms with Crippen molar-refractivity contribution in [2.75, 3.05) is 4.90 Å². The maximum Gasteiger partial charge on any atom is 0.435 e. The molecule has 1 amide bonds. The summed E-state index contributed by atoms with van der Waals surface area (Å²) in [5.41, 5.74) is -2.18. The van der Waals surface area contributed by atoms with Crippen LogP contribution >= 0.6 is 34.7 Å². The monoisotopic (exact) mass is 530 g/mol. The Kier molecular flexibility index (Phi) is 6.52. The zero-order valence-corrected chi connectivity index (χ0v) is 18.8. The highest BCUT2D eigenvalue weighted by atomic mass is 35.5. The van der Waals surface area contributed by atoms with E-state index in [1.165, 1.54) is 24.3 Å². The predicted molar refractivity (Wildman–Crippen MR) is 117 cm³/mol. The fourth-order valence-electron chi connectivity index (χ4n) is 3.09. The molecule has 0 N–H and O–H groups in total. The van der Waals surface area contributed by atoms with E-state index in [0.29, 0.717) is 11.5 Å². The highest BCUT2D eigenvalue weighted by Crippen LogP contribution is 2.44. The minimum atomic E-state index is -4.99. The molecule has 4 aromatic rings. The number of hydrogen-bond acceptors (Lipinski definition) is 5. The van der Waals surface area contributed by atoms with Crippen LogP contribution in [0.1, 0.15) is 16.2 Å². The van der Waals surface area contributed by atoms with Crippen molar-refractivity contribution in [1.29, 1.82) is 0 Å². The molecule has 0 aliphatic rings. The van der Waals surface area contributed by atoms with Crippen LogP contribution in [0.25, 0.3) is 11.1 Å².